The summed E-state index contributed by atoms with van der Waals surface area (Å²) in [6.45, 7) is 3.01. The first-order chi connectivity index (χ1) is 7.24. The molecule has 0 spiro atoms. The lowest BCUT2D eigenvalue weighted by Gasteiger charge is -2.22. The maximum absolute atomic E-state index is 11.6. The summed E-state index contributed by atoms with van der Waals surface area (Å²) >= 11 is 0. The predicted molar refractivity (Wildman–Crippen MR) is 54.3 cm³/mol. The number of carbonyl (C=O) groups is 1. The Bertz CT molecular complexity index is 373. The number of nitrogens with zero attached hydrogens (tertiary/aromatic N) is 2. The number of hydrogen-bond acceptors (Lipinski definition) is 4. The Morgan fingerprint density at radius 2 is 2.60 bits per heavy atom. The maximum atomic E-state index is 11.6. The standard InChI is InChI=1S/C10H15N3O2/c1-3-15-10(14)9-7-6-12-13(2)8(7)4-5-11-9/h6,9,11H,3-5H2,1-2H3. The average molecular weight is 209 g/mol. The van der Waals surface area contributed by atoms with E-state index >= 15 is 0 Å². The third-order valence-corrected chi connectivity index (χ3v) is 2.64. The number of aromatic nitrogens is 2. The van der Waals surface area contributed by atoms with E-state index in [0.717, 1.165) is 24.2 Å². The van der Waals surface area contributed by atoms with E-state index in [1.165, 1.54) is 0 Å². The number of carbonyl (C=O) groups excluding carboxylic acids is 1. The molecule has 1 aliphatic heterocycles. The van der Waals surface area contributed by atoms with E-state index in [1.807, 2.05) is 18.7 Å². The van der Waals surface area contributed by atoms with Crippen molar-refractivity contribution in [3.05, 3.63) is 17.5 Å². The Kier molecular flexibility index (Phi) is 2.73. The molecule has 0 fully saturated rings. The summed E-state index contributed by atoms with van der Waals surface area (Å²) in [5.74, 6) is -0.216. The van der Waals surface area contributed by atoms with Crippen molar-refractivity contribution in [2.24, 2.45) is 7.05 Å². The van der Waals surface area contributed by atoms with Crippen LogP contribution in [0.15, 0.2) is 6.20 Å². The highest BCUT2D eigenvalue weighted by atomic mass is 16.5. The van der Waals surface area contributed by atoms with Crippen molar-refractivity contribution in [2.45, 2.75) is 19.4 Å². The first-order valence-corrected chi connectivity index (χ1v) is 5.14. The highest BCUT2D eigenvalue weighted by Crippen LogP contribution is 2.22. The van der Waals surface area contributed by atoms with E-state index < -0.39 is 0 Å². The Morgan fingerprint density at radius 1 is 1.80 bits per heavy atom. The molecule has 1 N–H and O–H groups in total. The molecule has 0 saturated carbocycles. The van der Waals surface area contributed by atoms with E-state index in [0.29, 0.717) is 6.61 Å². The zero-order chi connectivity index (χ0) is 10.8. The van der Waals surface area contributed by atoms with Crippen molar-refractivity contribution in [1.29, 1.82) is 0 Å². The predicted octanol–water partition coefficient (Wildman–Crippen LogP) is 0.170. The zero-order valence-electron chi connectivity index (χ0n) is 8.99. The van der Waals surface area contributed by atoms with Crippen molar-refractivity contribution < 1.29 is 9.53 Å². The van der Waals surface area contributed by atoms with Crippen molar-refractivity contribution in [3.63, 3.8) is 0 Å². The summed E-state index contributed by atoms with van der Waals surface area (Å²) in [4.78, 5) is 11.6. The minimum Gasteiger partial charge on any atom is -0.465 e. The second kappa shape index (κ2) is 4.02. The van der Waals surface area contributed by atoms with Gasteiger partial charge in [0.05, 0.1) is 12.8 Å². The molecule has 1 aromatic heterocycles. The number of fused-ring (bicyclic) bond motifs is 1. The van der Waals surface area contributed by atoms with Gasteiger partial charge in [-0.3, -0.25) is 4.68 Å². The van der Waals surface area contributed by atoms with Gasteiger partial charge in [0.1, 0.15) is 6.04 Å². The third-order valence-electron chi connectivity index (χ3n) is 2.64. The van der Waals surface area contributed by atoms with Gasteiger partial charge in [0.25, 0.3) is 0 Å². The lowest BCUT2D eigenvalue weighted by Crippen LogP contribution is -2.36. The van der Waals surface area contributed by atoms with E-state index in [2.05, 4.69) is 10.4 Å². The van der Waals surface area contributed by atoms with E-state index in [1.54, 1.807) is 6.20 Å². The van der Waals surface area contributed by atoms with Gasteiger partial charge in [-0.15, -0.1) is 0 Å². The first-order valence-electron chi connectivity index (χ1n) is 5.14. The van der Waals surface area contributed by atoms with Gasteiger partial charge < -0.3 is 10.1 Å². The molecule has 2 heterocycles. The summed E-state index contributed by atoms with van der Waals surface area (Å²) in [5.41, 5.74) is 2.06. The molecule has 0 radical (unpaired) electrons. The third kappa shape index (κ3) is 1.74. The van der Waals surface area contributed by atoms with Crippen molar-refractivity contribution in [1.82, 2.24) is 15.1 Å². The molecular formula is C10H15N3O2. The molecule has 1 aliphatic rings. The molecule has 15 heavy (non-hydrogen) atoms. The molecule has 0 amide bonds. The van der Waals surface area contributed by atoms with Crippen molar-refractivity contribution in [3.8, 4) is 0 Å². The van der Waals surface area contributed by atoms with Gasteiger partial charge in [0, 0.05) is 31.3 Å². The van der Waals surface area contributed by atoms with Crippen LogP contribution < -0.4 is 5.32 Å². The van der Waals surface area contributed by atoms with Gasteiger partial charge in [-0.25, -0.2) is 4.79 Å². The van der Waals surface area contributed by atoms with Crippen LogP contribution in [0.5, 0.6) is 0 Å². The molecule has 0 aromatic carbocycles. The molecule has 0 aliphatic carbocycles. The molecule has 1 aromatic rings. The molecule has 5 heteroatoms. The number of ether oxygens (including phenoxy) is 1. The van der Waals surface area contributed by atoms with Gasteiger partial charge in [-0.2, -0.15) is 5.10 Å². The topological polar surface area (TPSA) is 56.1 Å². The second-order valence-corrected chi connectivity index (χ2v) is 3.56. The molecule has 82 valence electrons. The summed E-state index contributed by atoms with van der Waals surface area (Å²) < 4.78 is 6.83. The highest BCUT2D eigenvalue weighted by Gasteiger charge is 2.29. The maximum Gasteiger partial charge on any atom is 0.327 e. The van der Waals surface area contributed by atoms with Gasteiger partial charge in [0.15, 0.2) is 0 Å². The molecule has 0 saturated heterocycles. The SMILES string of the molecule is CCOC(=O)C1NCCc2c1cnn2C. The number of aryl methyl sites for hydroxylation is 1. The first kappa shape index (κ1) is 10.2. The molecule has 2 rings (SSSR count). The lowest BCUT2D eigenvalue weighted by atomic mass is 10.0. The Labute approximate surface area is 88.4 Å². The van der Waals surface area contributed by atoms with E-state index in [4.69, 9.17) is 4.74 Å². The normalized spacial score (nSPS) is 19.7. The summed E-state index contributed by atoms with van der Waals surface area (Å²) in [6.07, 6.45) is 2.64. The van der Waals surface area contributed by atoms with Gasteiger partial charge in [-0.05, 0) is 6.92 Å². The minimum atomic E-state index is -0.345. The fraction of sp³-hybridized carbons (Fsp3) is 0.600. The van der Waals surface area contributed by atoms with E-state index in [9.17, 15) is 4.79 Å². The number of nitrogens with one attached hydrogen (secondary N) is 1. The monoisotopic (exact) mass is 209 g/mol. The Morgan fingerprint density at radius 3 is 3.33 bits per heavy atom. The quantitative estimate of drug-likeness (QED) is 0.705. The summed E-state index contributed by atoms with van der Waals surface area (Å²) in [5, 5.41) is 7.31. The zero-order valence-corrected chi connectivity index (χ0v) is 8.99. The van der Waals surface area contributed by atoms with Crippen molar-refractivity contribution >= 4 is 5.97 Å². The smallest absolute Gasteiger partial charge is 0.327 e. The van der Waals surface area contributed by atoms with Gasteiger partial charge >= 0.3 is 5.97 Å². The largest absolute Gasteiger partial charge is 0.465 e. The molecular weight excluding hydrogens is 194 g/mol. The van der Waals surface area contributed by atoms with E-state index in [-0.39, 0.29) is 12.0 Å². The van der Waals surface area contributed by atoms with Crippen LogP contribution in [0.1, 0.15) is 24.2 Å². The van der Waals surface area contributed by atoms with Crippen LogP contribution in [0.25, 0.3) is 0 Å². The summed E-state index contributed by atoms with van der Waals surface area (Å²) in [7, 11) is 1.90. The van der Waals surface area contributed by atoms with Gasteiger partial charge in [-0.1, -0.05) is 0 Å². The average Bonchev–Trinajstić information content (AvgIpc) is 2.61. The minimum absolute atomic E-state index is 0.216. The van der Waals surface area contributed by atoms with Crippen LogP contribution in [-0.2, 0) is 23.0 Å². The van der Waals surface area contributed by atoms with Crippen LogP contribution in [0, 0.1) is 0 Å². The lowest BCUT2D eigenvalue weighted by molar-refractivity contribution is -0.146. The Balaban J connectivity index is 2.26. The molecule has 1 atom stereocenters. The fourth-order valence-electron chi connectivity index (χ4n) is 1.91. The number of rotatable bonds is 2. The van der Waals surface area contributed by atoms with Crippen LogP contribution in [0.4, 0.5) is 0 Å². The van der Waals surface area contributed by atoms with Gasteiger partial charge in [0.2, 0.25) is 0 Å². The van der Waals surface area contributed by atoms with Crippen LogP contribution >= 0.6 is 0 Å². The fourth-order valence-corrected chi connectivity index (χ4v) is 1.91. The second-order valence-electron chi connectivity index (χ2n) is 3.56. The molecule has 1 unspecified atom stereocenters. The summed E-state index contributed by atoms with van der Waals surface area (Å²) in [6, 6.07) is -0.345. The molecule has 0 bridgehead atoms. The van der Waals surface area contributed by atoms with Crippen LogP contribution in [0.2, 0.25) is 0 Å². The Hall–Kier alpha value is -1.36. The number of hydrogen-bond donors (Lipinski definition) is 1. The van der Waals surface area contributed by atoms with Crippen LogP contribution in [0.3, 0.4) is 0 Å². The van der Waals surface area contributed by atoms with Crippen LogP contribution in [-0.4, -0.2) is 28.9 Å². The number of esters is 1. The van der Waals surface area contributed by atoms with Crippen molar-refractivity contribution in [2.75, 3.05) is 13.2 Å². The molecule has 5 nitrogen and oxygen atoms in total. The highest BCUT2D eigenvalue weighted by molar-refractivity contribution is 5.78.